The van der Waals surface area contributed by atoms with E-state index in [0.29, 0.717) is 0 Å². The van der Waals surface area contributed by atoms with Crippen LogP contribution >= 0.6 is 0 Å². The van der Waals surface area contributed by atoms with E-state index in [9.17, 15) is 0 Å². The van der Waals surface area contributed by atoms with Crippen LogP contribution in [0.1, 0.15) is 53.4 Å². The summed E-state index contributed by atoms with van der Waals surface area (Å²) in [6, 6.07) is 17.5. The van der Waals surface area contributed by atoms with Gasteiger partial charge in [0.05, 0.1) is 0 Å². The number of benzene rings is 1. The van der Waals surface area contributed by atoms with Crippen molar-refractivity contribution in [1.29, 1.82) is 0 Å². The Bertz CT molecular complexity index is 390. The van der Waals surface area contributed by atoms with Gasteiger partial charge in [-0.05, 0) is 36.3 Å². The monoisotopic (exact) mass is 352 g/mol. The SMILES string of the molecule is CC[Si](CC)(CC)OC(O[Si](CC)(CC)CC)c1ccccc1. The van der Waals surface area contributed by atoms with Crippen molar-refractivity contribution >= 4 is 16.6 Å². The Morgan fingerprint density at radius 2 is 1.00 bits per heavy atom. The molecule has 132 valence electrons. The van der Waals surface area contributed by atoms with Crippen LogP contribution in [0.3, 0.4) is 0 Å². The first-order valence-corrected chi connectivity index (χ1v) is 14.5. The highest BCUT2D eigenvalue weighted by molar-refractivity contribution is 6.74. The van der Waals surface area contributed by atoms with Crippen molar-refractivity contribution in [3.05, 3.63) is 35.9 Å². The van der Waals surface area contributed by atoms with Crippen LogP contribution in [0.25, 0.3) is 0 Å². The highest BCUT2D eigenvalue weighted by Gasteiger charge is 2.38. The summed E-state index contributed by atoms with van der Waals surface area (Å²) in [6.45, 7) is 13.7. The molecule has 4 heteroatoms. The smallest absolute Gasteiger partial charge is 0.195 e. The maximum absolute atomic E-state index is 6.78. The normalized spacial score (nSPS) is 12.8. The molecule has 0 heterocycles. The Labute approximate surface area is 145 Å². The molecule has 0 N–H and O–H groups in total. The molecule has 0 bridgehead atoms. The topological polar surface area (TPSA) is 18.5 Å². The summed E-state index contributed by atoms with van der Waals surface area (Å²) >= 11 is 0. The molecule has 0 spiro atoms. The molecule has 0 aliphatic heterocycles. The van der Waals surface area contributed by atoms with Crippen LogP contribution in [0.5, 0.6) is 0 Å². The Morgan fingerprint density at radius 1 is 0.652 bits per heavy atom. The van der Waals surface area contributed by atoms with Crippen molar-refractivity contribution in [2.45, 2.75) is 84.1 Å². The van der Waals surface area contributed by atoms with Crippen LogP contribution in [0.15, 0.2) is 30.3 Å². The first kappa shape index (κ1) is 20.6. The maximum atomic E-state index is 6.78. The van der Waals surface area contributed by atoms with Crippen LogP contribution in [-0.4, -0.2) is 16.6 Å². The summed E-state index contributed by atoms with van der Waals surface area (Å²) in [5.41, 5.74) is 1.19. The van der Waals surface area contributed by atoms with E-state index < -0.39 is 16.6 Å². The molecule has 0 aromatic heterocycles. The molecule has 23 heavy (non-hydrogen) atoms. The predicted octanol–water partition coefficient (Wildman–Crippen LogP) is 6.73. The van der Waals surface area contributed by atoms with Crippen LogP contribution in [-0.2, 0) is 8.85 Å². The van der Waals surface area contributed by atoms with E-state index in [-0.39, 0.29) is 6.29 Å². The summed E-state index contributed by atoms with van der Waals surface area (Å²) in [7, 11) is -3.41. The lowest BCUT2D eigenvalue weighted by Gasteiger charge is -2.39. The van der Waals surface area contributed by atoms with Crippen molar-refractivity contribution in [3.63, 3.8) is 0 Å². The Morgan fingerprint density at radius 3 is 1.30 bits per heavy atom. The molecule has 1 aromatic rings. The van der Waals surface area contributed by atoms with Gasteiger partial charge in [-0.3, -0.25) is 0 Å². The first-order chi connectivity index (χ1) is 11.0. The average Bonchev–Trinajstić information content (AvgIpc) is 2.64. The van der Waals surface area contributed by atoms with E-state index >= 15 is 0 Å². The van der Waals surface area contributed by atoms with Gasteiger partial charge in [0.2, 0.25) is 0 Å². The van der Waals surface area contributed by atoms with E-state index in [0.717, 1.165) is 36.3 Å². The van der Waals surface area contributed by atoms with Crippen LogP contribution in [0.4, 0.5) is 0 Å². The van der Waals surface area contributed by atoms with Crippen molar-refractivity contribution in [2.75, 3.05) is 0 Å². The predicted molar refractivity (Wildman–Crippen MR) is 106 cm³/mol. The molecule has 0 saturated heterocycles. The molecule has 0 saturated carbocycles. The minimum atomic E-state index is -1.70. The van der Waals surface area contributed by atoms with Crippen molar-refractivity contribution in [1.82, 2.24) is 0 Å². The molecule has 0 aliphatic carbocycles. The van der Waals surface area contributed by atoms with Gasteiger partial charge in [-0.15, -0.1) is 0 Å². The number of rotatable bonds is 11. The molecule has 0 radical (unpaired) electrons. The third-order valence-electron chi connectivity index (χ3n) is 5.65. The zero-order chi connectivity index (χ0) is 17.3. The Kier molecular flexibility index (Phi) is 8.76. The fourth-order valence-corrected chi connectivity index (χ4v) is 8.60. The molecule has 1 rings (SSSR count). The average molecular weight is 353 g/mol. The molecule has 0 amide bonds. The minimum Gasteiger partial charge on any atom is -0.389 e. The largest absolute Gasteiger partial charge is 0.389 e. The quantitative estimate of drug-likeness (QED) is 0.325. The number of hydrogen-bond acceptors (Lipinski definition) is 2. The van der Waals surface area contributed by atoms with Gasteiger partial charge < -0.3 is 8.85 Å². The number of hydrogen-bond donors (Lipinski definition) is 0. The molecule has 0 fully saturated rings. The third kappa shape index (κ3) is 5.28. The second-order valence-corrected chi connectivity index (χ2v) is 15.9. The fraction of sp³-hybridized carbons (Fsp3) is 0.684. The molecular weight excluding hydrogens is 316 g/mol. The highest BCUT2D eigenvalue weighted by Crippen LogP contribution is 2.35. The Hall–Kier alpha value is -0.426. The molecule has 0 aliphatic rings. The standard InChI is InChI=1S/C19H36O2Si2/c1-7-22(8-2,9-3)20-19(18-16-14-13-15-17-18)21-23(10-4,11-5)12-6/h13-17,19H,7-12H2,1-6H3. The lowest BCUT2D eigenvalue weighted by atomic mass is 10.2. The van der Waals surface area contributed by atoms with Gasteiger partial charge >= 0.3 is 0 Å². The Balaban J connectivity index is 3.13. The van der Waals surface area contributed by atoms with Crippen LogP contribution in [0.2, 0.25) is 36.3 Å². The van der Waals surface area contributed by atoms with Gasteiger partial charge in [0.25, 0.3) is 0 Å². The molecule has 1 aromatic carbocycles. The summed E-state index contributed by atoms with van der Waals surface area (Å²) < 4.78 is 13.6. The lowest BCUT2D eigenvalue weighted by molar-refractivity contribution is -0.0158. The molecule has 2 nitrogen and oxygen atoms in total. The summed E-state index contributed by atoms with van der Waals surface area (Å²) in [4.78, 5) is 0. The molecular formula is C19H36O2Si2. The van der Waals surface area contributed by atoms with E-state index in [4.69, 9.17) is 8.85 Å². The van der Waals surface area contributed by atoms with E-state index in [1.165, 1.54) is 5.56 Å². The molecule has 0 unspecified atom stereocenters. The second kappa shape index (κ2) is 9.77. The third-order valence-corrected chi connectivity index (χ3v) is 14.8. The fourth-order valence-electron chi connectivity index (χ4n) is 3.22. The van der Waals surface area contributed by atoms with Gasteiger partial charge in [0, 0.05) is 5.56 Å². The zero-order valence-electron chi connectivity index (χ0n) is 16.0. The van der Waals surface area contributed by atoms with Gasteiger partial charge in [0.15, 0.2) is 22.9 Å². The minimum absolute atomic E-state index is 0.172. The van der Waals surface area contributed by atoms with Crippen LogP contribution < -0.4 is 0 Å². The summed E-state index contributed by atoms with van der Waals surface area (Å²) in [5.74, 6) is 0. The summed E-state index contributed by atoms with van der Waals surface area (Å²) in [5, 5.41) is 0. The lowest BCUT2D eigenvalue weighted by Crippen LogP contribution is -2.43. The second-order valence-electron chi connectivity index (χ2n) is 6.47. The highest BCUT2D eigenvalue weighted by atomic mass is 28.4. The summed E-state index contributed by atoms with van der Waals surface area (Å²) in [6.07, 6.45) is -0.172. The van der Waals surface area contributed by atoms with Gasteiger partial charge in [-0.1, -0.05) is 71.9 Å². The zero-order valence-corrected chi connectivity index (χ0v) is 18.0. The van der Waals surface area contributed by atoms with E-state index in [1.807, 2.05) is 0 Å². The van der Waals surface area contributed by atoms with E-state index in [2.05, 4.69) is 71.9 Å². The van der Waals surface area contributed by atoms with Crippen molar-refractivity contribution < 1.29 is 8.85 Å². The van der Waals surface area contributed by atoms with Gasteiger partial charge in [0.1, 0.15) is 0 Å². The maximum Gasteiger partial charge on any atom is 0.195 e. The molecule has 0 atom stereocenters. The van der Waals surface area contributed by atoms with Gasteiger partial charge in [-0.2, -0.15) is 0 Å². The first-order valence-electron chi connectivity index (χ1n) is 9.44. The van der Waals surface area contributed by atoms with E-state index in [1.54, 1.807) is 0 Å². The van der Waals surface area contributed by atoms with Gasteiger partial charge in [-0.25, -0.2) is 0 Å². The van der Waals surface area contributed by atoms with Crippen molar-refractivity contribution in [2.24, 2.45) is 0 Å². The van der Waals surface area contributed by atoms with Crippen molar-refractivity contribution in [3.8, 4) is 0 Å². The van der Waals surface area contributed by atoms with Crippen LogP contribution in [0, 0.1) is 0 Å².